The lowest BCUT2D eigenvalue weighted by atomic mass is 10.2. The Kier molecular flexibility index (Phi) is 4.05. The first-order valence-electron chi connectivity index (χ1n) is 5.62. The van der Waals surface area contributed by atoms with Crippen molar-refractivity contribution in [2.75, 3.05) is 7.11 Å². The van der Waals surface area contributed by atoms with E-state index in [0.717, 1.165) is 16.2 Å². The van der Waals surface area contributed by atoms with Gasteiger partial charge >= 0.3 is 0 Å². The minimum absolute atomic E-state index is 0.0447. The number of hydrogen-bond acceptors (Lipinski definition) is 3. The Morgan fingerprint density at radius 2 is 1.83 bits per heavy atom. The molecule has 18 heavy (non-hydrogen) atoms. The lowest BCUT2D eigenvalue weighted by molar-refractivity contribution is 0.108. The summed E-state index contributed by atoms with van der Waals surface area (Å²) in [4.78, 5) is 12.9. The van der Waals surface area contributed by atoms with Crippen LogP contribution < -0.4 is 4.74 Å². The molecule has 0 aliphatic heterocycles. The van der Waals surface area contributed by atoms with Crippen LogP contribution >= 0.6 is 11.8 Å². The summed E-state index contributed by atoms with van der Waals surface area (Å²) in [5, 5.41) is 0.0447. The molecule has 0 atom stereocenters. The van der Waals surface area contributed by atoms with Crippen LogP contribution in [0.25, 0.3) is 0 Å². The summed E-state index contributed by atoms with van der Waals surface area (Å²) < 4.78 is 5.13. The molecule has 2 rings (SSSR count). The van der Waals surface area contributed by atoms with Gasteiger partial charge in [-0.15, -0.1) is 0 Å². The van der Waals surface area contributed by atoms with E-state index < -0.39 is 0 Å². The first kappa shape index (κ1) is 12.7. The average molecular weight is 258 g/mol. The van der Waals surface area contributed by atoms with Gasteiger partial charge in [0.15, 0.2) is 0 Å². The highest BCUT2D eigenvalue weighted by molar-refractivity contribution is 8.14. The average Bonchev–Trinajstić information content (AvgIpc) is 2.39. The van der Waals surface area contributed by atoms with E-state index in [0.29, 0.717) is 5.56 Å². The fraction of sp³-hybridized carbons (Fsp3) is 0.133. The van der Waals surface area contributed by atoms with Crippen molar-refractivity contribution < 1.29 is 9.53 Å². The number of thioether (sulfide) groups is 1. The second-order valence-electron chi connectivity index (χ2n) is 3.93. The Hall–Kier alpha value is -1.74. The van der Waals surface area contributed by atoms with Crippen LogP contribution in [0.5, 0.6) is 5.75 Å². The number of carbonyl (C=O) groups excluding carboxylic acids is 1. The van der Waals surface area contributed by atoms with Gasteiger partial charge in [-0.05, 0) is 36.9 Å². The van der Waals surface area contributed by atoms with E-state index in [4.69, 9.17) is 4.74 Å². The molecule has 0 saturated carbocycles. The van der Waals surface area contributed by atoms with E-state index in [1.165, 1.54) is 11.8 Å². The van der Waals surface area contributed by atoms with Gasteiger partial charge < -0.3 is 4.74 Å². The smallest absolute Gasteiger partial charge is 0.224 e. The van der Waals surface area contributed by atoms with Crippen molar-refractivity contribution in [1.29, 1.82) is 0 Å². The molecule has 0 spiro atoms. The third-order valence-corrected chi connectivity index (χ3v) is 3.45. The quantitative estimate of drug-likeness (QED) is 0.780. The molecule has 0 unspecified atom stereocenters. The van der Waals surface area contributed by atoms with Crippen molar-refractivity contribution in [3.63, 3.8) is 0 Å². The van der Waals surface area contributed by atoms with Crippen LogP contribution in [-0.2, 0) is 0 Å². The van der Waals surface area contributed by atoms with Crippen molar-refractivity contribution in [3.8, 4) is 5.75 Å². The van der Waals surface area contributed by atoms with Crippen LogP contribution in [0, 0.1) is 6.92 Å². The maximum Gasteiger partial charge on any atom is 0.224 e. The summed E-state index contributed by atoms with van der Waals surface area (Å²) >= 11 is 1.21. The summed E-state index contributed by atoms with van der Waals surface area (Å²) in [6.07, 6.45) is 0. The van der Waals surface area contributed by atoms with E-state index in [1.807, 2.05) is 55.5 Å². The SMILES string of the molecule is COc1cccc(SC(=O)c2ccc(C)cc2)c1. The number of rotatable bonds is 3. The molecule has 0 amide bonds. The summed E-state index contributed by atoms with van der Waals surface area (Å²) in [5.74, 6) is 0.761. The van der Waals surface area contributed by atoms with Crippen molar-refractivity contribution in [2.24, 2.45) is 0 Å². The molecule has 2 nitrogen and oxygen atoms in total. The van der Waals surface area contributed by atoms with Crippen LogP contribution in [0.15, 0.2) is 53.4 Å². The molecule has 0 bridgehead atoms. The minimum Gasteiger partial charge on any atom is -0.497 e. The lowest BCUT2D eigenvalue weighted by Crippen LogP contribution is -1.93. The van der Waals surface area contributed by atoms with Gasteiger partial charge in [0.1, 0.15) is 5.75 Å². The predicted molar refractivity (Wildman–Crippen MR) is 74.4 cm³/mol. The third-order valence-electron chi connectivity index (χ3n) is 2.54. The normalized spacial score (nSPS) is 10.1. The largest absolute Gasteiger partial charge is 0.497 e. The first-order valence-corrected chi connectivity index (χ1v) is 6.43. The van der Waals surface area contributed by atoms with Crippen LogP contribution in [-0.4, -0.2) is 12.2 Å². The molecular weight excluding hydrogens is 244 g/mol. The van der Waals surface area contributed by atoms with Gasteiger partial charge in [-0.2, -0.15) is 0 Å². The molecule has 0 aliphatic carbocycles. The van der Waals surface area contributed by atoms with Crippen LogP contribution in [0.3, 0.4) is 0 Å². The highest BCUT2D eigenvalue weighted by Gasteiger charge is 2.08. The van der Waals surface area contributed by atoms with Gasteiger partial charge in [0.25, 0.3) is 0 Å². The molecule has 0 N–H and O–H groups in total. The Bertz CT molecular complexity index is 547. The number of methoxy groups -OCH3 is 1. The summed E-state index contributed by atoms with van der Waals surface area (Å²) in [6, 6.07) is 15.1. The van der Waals surface area contributed by atoms with Crippen molar-refractivity contribution in [1.82, 2.24) is 0 Å². The maximum absolute atomic E-state index is 12.0. The standard InChI is InChI=1S/C15H14O2S/c1-11-6-8-12(9-7-11)15(16)18-14-5-3-4-13(10-14)17-2/h3-10H,1-2H3. The van der Waals surface area contributed by atoms with Gasteiger partial charge in [-0.25, -0.2) is 0 Å². The molecule has 0 heterocycles. The van der Waals surface area contributed by atoms with Crippen molar-refractivity contribution in [3.05, 3.63) is 59.7 Å². The van der Waals surface area contributed by atoms with Crippen LogP contribution in [0.2, 0.25) is 0 Å². The zero-order valence-electron chi connectivity index (χ0n) is 10.3. The molecule has 2 aromatic carbocycles. The third kappa shape index (κ3) is 3.14. The van der Waals surface area contributed by atoms with E-state index in [-0.39, 0.29) is 5.12 Å². The van der Waals surface area contributed by atoms with Gasteiger partial charge in [0.05, 0.1) is 7.11 Å². The van der Waals surface area contributed by atoms with E-state index in [9.17, 15) is 4.79 Å². The number of hydrogen-bond donors (Lipinski definition) is 0. The monoisotopic (exact) mass is 258 g/mol. The zero-order chi connectivity index (χ0) is 13.0. The second kappa shape index (κ2) is 5.74. The van der Waals surface area contributed by atoms with E-state index >= 15 is 0 Å². The lowest BCUT2D eigenvalue weighted by Gasteiger charge is -2.04. The van der Waals surface area contributed by atoms with Crippen LogP contribution in [0.4, 0.5) is 0 Å². The Morgan fingerprint density at radius 3 is 2.50 bits per heavy atom. The number of benzene rings is 2. The molecule has 0 radical (unpaired) electrons. The molecule has 3 heteroatoms. The first-order chi connectivity index (χ1) is 8.69. The number of aryl methyl sites for hydroxylation is 1. The topological polar surface area (TPSA) is 26.3 Å². The van der Waals surface area contributed by atoms with Gasteiger partial charge in [-0.3, -0.25) is 4.79 Å². The second-order valence-corrected chi connectivity index (χ2v) is 4.98. The predicted octanol–water partition coefficient (Wildman–Crippen LogP) is 3.94. The van der Waals surface area contributed by atoms with Gasteiger partial charge in [-0.1, -0.05) is 35.9 Å². The number of carbonyl (C=O) groups is 1. The van der Waals surface area contributed by atoms with E-state index in [1.54, 1.807) is 7.11 Å². The molecule has 0 saturated heterocycles. The van der Waals surface area contributed by atoms with Crippen LogP contribution in [0.1, 0.15) is 15.9 Å². The fourth-order valence-electron chi connectivity index (χ4n) is 1.52. The van der Waals surface area contributed by atoms with E-state index in [2.05, 4.69) is 0 Å². The summed E-state index contributed by atoms with van der Waals surface area (Å²) in [5.41, 5.74) is 1.87. The highest BCUT2D eigenvalue weighted by atomic mass is 32.2. The fourth-order valence-corrected chi connectivity index (χ4v) is 2.31. The number of ether oxygens (including phenoxy) is 1. The maximum atomic E-state index is 12.0. The van der Waals surface area contributed by atoms with Gasteiger partial charge in [0.2, 0.25) is 5.12 Å². The summed E-state index contributed by atoms with van der Waals surface area (Å²) in [6.45, 7) is 2.00. The molecular formula is C15H14O2S. The molecule has 92 valence electrons. The van der Waals surface area contributed by atoms with Crippen molar-refractivity contribution in [2.45, 2.75) is 11.8 Å². The minimum atomic E-state index is 0.0447. The summed E-state index contributed by atoms with van der Waals surface area (Å²) in [7, 11) is 1.62. The Morgan fingerprint density at radius 1 is 1.11 bits per heavy atom. The molecule has 0 aliphatic rings. The van der Waals surface area contributed by atoms with Gasteiger partial charge in [0, 0.05) is 10.5 Å². The molecule has 0 fully saturated rings. The Balaban J connectivity index is 2.13. The molecule has 0 aromatic heterocycles. The zero-order valence-corrected chi connectivity index (χ0v) is 11.2. The molecule has 2 aromatic rings. The van der Waals surface area contributed by atoms with Crippen molar-refractivity contribution >= 4 is 16.9 Å². The Labute approximate surface area is 111 Å². The highest BCUT2D eigenvalue weighted by Crippen LogP contribution is 2.26.